The Kier molecular flexibility index (Phi) is 5.09. The van der Waals surface area contributed by atoms with Crippen LogP contribution in [0.1, 0.15) is 28.9 Å². The lowest BCUT2D eigenvalue weighted by atomic mass is 9.79. The van der Waals surface area contributed by atoms with Crippen molar-refractivity contribution < 1.29 is 9.53 Å². The Hall–Kier alpha value is -1.46. The first-order valence-electron chi connectivity index (χ1n) is 7.06. The van der Waals surface area contributed by atoms with Gasteiger partial charge in [0.25, 0.3) is 5.91 Å². The molecule has 20 heavy (non-hydrogen) atoms. The number of piperidine rings is 1. The summed E-state index contributed by atoms with van der Waals surface area (Å²) in [7, 11) is 1.72. The van der Waals surface area contributed by atoms with Gasteiger partial charge in [-0.2, -0.15) is 0 Å². The third-order valence-electron chi connectivity index (χ3n) is 3.96. The van der Waals surface area contributed by atoms with Crippen molar-refractivity contribution in [1.82, 2.24) is 15.6 Å². The summed E-state index contributed by atoms with van der Waals surface area (Å²) in [4.78, 5) is 16.4. The van der Waals surface area contributed by atoms with Crippen LogP contribution in [-0.2, 0) is 4.74 Å². The molecule has 0 bridgehead atoms. The average molecular weight is 277 g/mol. The van der Waals surface area contributed by atoms with Crippen molar-refractivity contribution in [3.8, 4) is 0 Å². The minimum Gasteiger partial charge on any atom is -0.384 e. The topological polar surface area (TPSA) is 63.2 Å². The molecule has 1 aromatic heterocycles. The van der Waals surface area contributed by atoms with Gasteiger partial charge in [-0.05, 0) is 44.5 Å². The van der Waals surface area contributed by atoms with Gasteiger partial charge in [0, 0.05) is 25.3 Å². The van der Waals surface area contributed by atoms with Crippen molar-refractivity contribution in [3.63, 3.8) is 0 Å². The Morgan fingerprint density at radius 2 is 2.25 bits per heavy atom. The van der Waals surface area contributed by atoms with Crippen LogP contribution in [0, 0.1) is 12.3 Å². The zero-order valence-electron chi connectivity index (χ0n) is 12.2. The lowest BCUT2D eigenvalue weighted by molar-refractivity contribution is 0.0510. The summed E-state index contributed by atoms with van der Waals surface area (Å²) in [6.07, 6.45) is 3.68. The fraction of sp³-hybridized carbons (Fsp3) is 0.600. The molecule has 5 heteroatoms. The molecule has 0 spiro atoms. The van der Waals surface area contributed by atoms with E-state index in [-0.39, 0.29) is 11.3 Å². The first-order chi connectivity index (χ1) is 9.67. The molecule has 0 aliphatic carbocycles. The summed E-state index contributed by atoms with van der Waals surface area (Å²) in [5, 5.41) is 6.37. The lowest BCUT2D eigenvalue weighted by Gasteiger charge is -2.37. The molecule has 1 aliphatic rings. The number of nitrogens with one attached hydrogen (secondary N) is 2. The average Bonchev–Trinajstić information content (AvgIpc) is 2.47. The minimum atomic E-state index is -0.0999. The van der Waals surface area contributed by atoms with E-state index in [4.69, 9.17) is 4.74 Å². The van der Waals surface area contributed by atoms with E-state index < -0.39 is 0 Å². The molecule has 0 radical (unpaired) electrons. The quantitative estimate of drug-likeness (QED) is 0.847. The minimum absolute atomic E-state index is 0.0400. The highest BCUT2D eigenvalue weighted by molar-refractivity contribution is 5.93. The van der Waals surface area contributed by atoms with Crippen molar-refractivity contribution in [2.45, 2.75) is 19.8 Å². The molecule has 2 heterocycles. The Bertz CT molecular complexity index is 451. The van der Waals surface area contributed by atoms with Crippen molar-refractivity contribution in [2.24, 2.45) is 5.41 Å². The van der Waals surface area contributed by atoms with Crippen LogP contribution in [0.4, 0.5) is 0 Å². The number of nitrogens with zero attached hydrogens (tertiary/aromatic N) is 1. The number of amides is 1. The van der Waals surface area contributed by atoms with Gasteiger partial charge in [0.05, 0.1) is 6.61 Å². The second kappa shape index (κ2) is 6.81. The predicted molar refractivity (Wildman–Crippen MR) is 77.7 cm³/mol. The standard InChI is InChI=1S/C15H23N3O2/c1-12-4-3-7-17-13(12)14(19)18-10-15(11-20-2)5-8-16-9-6-15/h3-4,7,16H,5-6,8-11H2,1-2H3,(H,18,19). The van der Waals surface area contributed by atoms with Gasteiger partial charge in [-0.25, -0.2) is 0 Å². The Balaban J connectivity index is 1.99. The number of carbonyl (C=O) groups excluding carboxylic acids is 1. The van der Waals surface area contributed by atoms with Crippen molar-refractivity contribution in [3.05, 3.63) is 29.6 Å². The molecule has 1 aliphatic heterocycles. The van der Waals surface area contributed by atoms with E-state index in [1.54, 1.807) is 13.3 Å². The van der Waals surface area contributed by atoms with E-state index in [1.165, 1.54) is 0 Å². The molecule has 110 valence electrons. The van der Waals surface area contributed by atoms with E-state index in [0.717, 1.165) is 31.5 Å². The molecule has 0 aromatic carbocycles. The summed E-state index contributed by atoms with van der Waals surface area (Å²) in [6, 6.07) is 3.74. The Labute approximate surface area is 120 Å². The van der Waals surface area contributed by atoms with Crippen LogP contribution >= 0.6 is 0 Å². The van der Waals surface area contributed by atoms with Crippen LogP contribution in [0.15, 0.2) is 18.3 Å². The van der Waals surface area contributed by atoms with Crippen LogP contribution in [0.25, 0.3) is 0 Å². The smallest absolute Gasteiger partial charge is 0.270 e. The van der Waals surface area contributed by atoms with E-state index in [2.05, 4.69) is 15.6 Å². The first kappa shape index (κ1) is 14.9. The molecule has 1 amide bonds. The van der Waals surface area contributed by atoms with Gasteiger partial charge in [-0.3, -0.25) is 9.78 Å². The monoisotopic (exact) mass is 277 g/mol. The van der Waals surface area contributed by atoms with Gasteiger partial charge in [0.1, 0.15) is 5.69 Å². The summed E-state index contributed by atoms with van der Waals surface area (Å²) in [6.45, 7) is 5.16. The molecular weight excluding hydrogens is 254 g/mol. The van der Waals surface area contributed by atoms with Crippen molar-refractivity contribution >= 4 is 5.91 Å². The zero-order chi connectivity index (χ0) is 14.4. The predicted octanol–water partition coefficient (Wildman–Crippen LogP) is 1.14. The van der Waals surface area contributed by atoms with Crippen LogP contribution in [0.2, 0.25) is 0 Å². The molecule has 1 fully saturated rings. The highest BCUT2D eigenvalue weighted by Gasteiger charge is 2.32. The summed E-state index contributed by atoms with van der Waals surface area (Å²) in [5.74, 6) is -0.0999. The number of pyridine rings is 1. The van der Waals surface area contributed by atoms with Crippen LogP contribution < -0.4 is 10.6 Å². The highest BCUT2D eigenvalue weighted by Crippen LogP contribution is 2.28. The SMILES string of the molecule is COCC1(CNC(=O)c2ncccc2C)CCNCC1. The Morgan fingerprint density at radius 3 is 2.90 bits per heavy atom. The second-order valence-corrected chi connectivity index (χ2v) is 5.53. The maximum atomic E-state index is 12.2. The van der Waals surface area contributed by atoms with E-state index in [9.17, 15) is 4.79 Å². The maximum absolute atomic E-state index is 12.2. The van der Waals surface area contributed by atoms with Crippen LogP contribution in [0.3, 0.4) is 0 Å². The number of methoxy groups -OCH3 is 1. The Morgan fingerprint density at radius 1 is 1.50 bits per heavy atom. The molecule has 5 nitrogen and oxygen atoms in total. The van der Waals surface area contributed by atoms with Gasteiger partial charge >= 0.3 is 0 Å². The van der Waals surface area contributed by atoms with Gasteiger partial charge in [-0.1, -0.05) is 6.07 Å². The van der Waals surface area contributed by atoms with E-state index in [1.807, 2.05) is 19.1 Å². The molecule has 1 saturated heterocycles. The lowest BCUT2D eigenvalue weighted by Crippen LogP contribution is -2.47. The highest BCUT2D eigenvalue weighted by atomic mass is 16.5. The van der Waals surface area contributed by atoms with Crippen LogP contribution in [-0.4, -0.2) is 44.2 Å². The fourth-order valence-electron chi connectivity index (χ4n) is 2.71. The molecule has 0 atom stereocenters. The molecule has 1 aromatic rings. The maximum Gasteiger partial charge on any atom is 0.270 e. The summed E-state index contributed by atoms with van der Waals surface area (Å²) >= 11 is 0. The third-order valence-corrected chi connectivity index (χ3v) is 3.96. The number of hydrogen-bond donors (Lipinski definition) is 2. The number of aromatic nitrogens is 1. The largest absolute Gasteiger partial charge is 0.384 e. The van der Waals surface area contributed by atoms with Gasteiger partial charge in [-0.15, -0.1) is 0 Å². The van der Waals surface area contributed by atoms with E-state index in [0.29, 0.717) is 18.8 Å². The van der Waals surface area contributed by atoms with Crippen LogP contribution in [0.5, 0.6) is 0 Å². The third kappa shape index (κ3) is 3.55. The van der Waals surface area contributed by atoms with Gasteiger partial charge < -0.3 is 15.4 Å². The fourth-order valence-corrected chi connectivity index (χ4v) is 2.71. The second-order valence-electron chi connectivity index (χ2n) is 5.53. The van der Waals surface area contributed by atoms with Crippen molar-refractivity contribution in [1.29, 1.82) is 0 Å². The molecule has 2 rings (SSSR count). The number of aryl methyl sites for hydroxylation is 1. The number of ether oxygens (including phenoxy) is 1. The molecule has 0 unspecified atom stereocenters. The van der Waals surface area contributed by atoms with E-state index >= 15 is 0 Å². The molecule has 0 saturated carbocycles. The normalized spacial score (nSPS) is 17.7. The molecule has 2 N–H and O–H groups in total. The number of carbonyl (C=O) groups is 1. The summed E-state index contributed by atoms with van der Waals surface area (Å²) in [5.41, 5.74) is 1.45. The summed E-state index contributed by atoms with van der Waals surface area (Å²) < 4.78 is 5.35. The zero-order valence-corrected chi connectivity index (χ0v) is 12.2. The molecular formula is C15H23N3O2. The van der Waals surface area contributed by atoms with Gasteiger partial charge in [0.2, 0.25) is 0 Å². The first-order valence-corrected chi connectivity index (χ1v) is 7.06. The number of hydrogen-bond acceptors (Lipinski definition) is 4. The van der Waals surface area contributed by atoms with Crippen molar-refractivity contribution in [2.75, 3.05) is 33.4 Å². The van der Waals surface area contributed by atoms with Gasteiger partial charge in [0.15, 0.2) is 0 Å². The number of rotatable bonds is 5.